The zero-order chi connectivity index (χ0) is 13.8. The minimum atomic E-state index is -0.480. The molecule has 1 aromatic rings. The first-order valence-electron chi connectivity index (χ1n) is 6.15. The van der Waals surface area contributed by atoms with Gasteiger partial charge in [-0.3, -0.25) is 10.1 Å². The highest BCUT2D eigenvalue weighted by atomic mass is 16.6. The Morgan fingerprint density at radius 1 is 1.53 bits per heavy atom. The molecule has 1 aliphatic heterocycles. The van der Waals surface area contributed by atoms with Gasteiger partial charge >= 0.3 is 5.69 Å². The zero-order valence-corrected chi connectivity index (χ0v) is 10.9. The normalized spacial score (nSPS) is 20.0. The van der Waals surface area contributed by atoms with Crippen LogP contribution in [0.4, 0.5) is 17.3 Å². The summed E-state index contributed by atoms with van der Waals surface area (Å²) in [5, 5.41) is 16.9. The average molecular weight is 267 g/mol. The molecule has 1 saturated heterocycles. The molecule has 0 radical (unpaired) electrons. The maximum Gasteiger partial charge on any atom is 0.353 e. The van der Waals surface area contributed by atoms with Crippen LogP contribution in [0.15, 0.2) is 6.33 Å². The van der Waals surface area contributed by atoms with E-state index >= 15 is 0 Å². The molecular formula is C11H17N5O3. The average Bonchev–Trinajstić information content (AvgIpc) is 2.92. The second kappa shape index (κ2) is 5.79. The number of hydrogen-bond donors (Lipinski definition) is 2. The number of anilines is 2. The van der Waals surface area contributed by atoms with Crippen molar-refractivity contribution in [2.75, 3.05) is 30.9 Å². The highest BCUT2D eigenvalue weighted by molar-refractivity contribution is 5.69. The molecule has 2 heterocycles. The van der Waals surface area contributed by atoms with Crippen LogP contribution in [0.1, 0.15) is 13.3 Å². The van der Waals surface area contributed by atoms with Gasteiger partial charge in [-0.05, 0) is 13.3 Å². The maximum atomic E-state index is 11.1. The Morgan fingerprint density at radius 2 is 2.26 bits per heavy atom. The molecule has 0 aliphatic carbocycles. The molecule has 0 saturated carbocycles. The van der Waals surface area contributed by atoms with Gasteiger partial charge in [-0.1, -0.05) is 0 Å². The maximum absolute atomic E-state index is 11.1. The summed E-state index contributed by atoms with van der Waals surface area (Å²) in [5.41, 5.74) is -0.129. The SMILES string of the molecule is CNc1ncnc(NC(C)C2CCOC2)c1[N+](=O)[O-]. The van der Waals surface area contributed by atoms with Crippen LogP contribution in [0.5, 0.6) is 0 Å². The van der Waals surface area contributed by atoms with Crippen molar-refractivity contribution in [2.24, 2.45) is 5.92 Å². The fourth-order valence-corrected chi connectivity index (χ4v) is 2.12. The van der Waals surface area contributed by atoms with Crippen LogP contribution in [0.25, 0.3) is 0 Å². The lowest BCUT2D eigenvalue weighted by Gasteiger charge is -2.19. The standard InChI is InChI=1S/C11H17N5O3/c1-7(8-3-4-19-5-8)15-11-9(16(17)18)10(12-2)13-6-14-11/h6-8H,3-5H2,1-2H3,(H2,12,13,14,15). The van der Waals surface area contributed by atoms with Crippen molar-refractivity contribution in [3.63, 3.8) is 0 Å². The number of nitrogens with zero attached hydrogens (tertiary/aromatic N) is 3. The number of hydrogen-bond acceptors (Lipinski definition) is 7. The molecule has 1 aliphatic rings. The molecule has 104 valence electrons. The Kier molecular flexibility index (Phi) is 4.10. The molecule has 0 aromatic carbocycles. The Morgan fingerprint density at radius 3 is 2.84 bits per heavy atom. The van der Waals surface area contributed by atoms with Crippen molar-refractivity contribution in [3.05, 3.63) is 16.4 Å². The van der Waals surface area contributed by atoms with Crippen molar-refractivity contribution < 1.29 is 9.66 Å². The van der Waals surface area contributed by atoms with E-state index in [2.05, 4.69) is 20.6 Å². The molecule has 8 nitrogen and oxygen atoms in total. The smallest absolute Gasteiger partial charge is 0.353 e. The first kappa shape index (κ1) is 13.5. The summed E-state index contributed by atoms with van der Waals surface area (Å²) < 4.78 is 5.32. The molecule has 1 fully saturated rings. The van der Waals surface area contributed by atoms with Crippen molar-refractivity contribution in [2.45, 2.75) is 19.4 Å². The van der Waals surface area contributed by atoms with E-state index in [4.69, 9.17) is 4.74 Å². The lowest BCUT2D eigenvalue weighted by Crippen LogP contribution is -2.27. The number of ether oxygens (including phenoxy) is 1. The van der Waals surface area contributed by atoms with Crippen LogP contribution in [0.2, 0.25) is 0 Å². The van der Waals surface area contributed by atoms with Crippen molar-refractivity contribution in [1.82, 2.24) is 9.97 Å². The summed E-state index contributed by atoms with van der Waals surface area (Å²) in [6.45, 7) is 3.39. The molecule has 19 heavy (non-hydrogen) atoms. The van der Waals surface area contributed by atoms with E-state index in [9.17, 15) is 10.1 Å². The third kappa shape index (κ3) is 2.90. The first-order chi connectivity index (χ1) is 9.13. The molecule has 2 unspecified atom stereocenters. The first-order valence-corrected chi connectivity index (χ1v) is 6.15. The van der Waals surface area contributed by atoms with Crippen LogP contribution < -0.4 is 10.6 Å². The predicted molar refractivity (Wildman–Crippen MR) is 70.2 cm³/mol. The zero-order valence-electron chi connectivity index (χ0n) is 10.9. The van der Waals surface area contributed by atoms with Crippen LogP contribution in [0.3, 0.4) is 0 Å². The van der Waals surface area contributed by atoms with Gasteiger partial charge in [0.25, 0.3) is 0 Å². The number of aromatic nitrogens is 2. The molecule has 0 amide bonds. The Balaban J connectivity index is 2.21. The predicted octanol–water partition coefficient (Wildman–Crippen LogP) is 1.26. The minimum Gasteiger partial charge on any atom is -0.381 e. The minimum absolute atomic E-state index is 0.0563. The van der Waals surface area contributed by atoms with E-state index in [1.165, 1.54) is 6.33 Å². The Hall–Kier alpha value is -1.96. The summed E-state index contributed by atoms with van der Waals surface area (Å²) in [4.78, 5) is 18.5. The highest BCUT2D eigenvalue weighted by Crippen LogP contribution is 2.30. The van der Waals surface area contributed by atoms with Crippen molar-refractivity contribution in [3.8, 4) is 0 Å². The Bertz CT molecular complexity index is 462. The van der Waals surface area contributed by atoms with Gasteiger partial charge in [0.05, 0.1) is 11.5 Å². The molecule has 2 N–H and O–H groups in total. The Labute approximate surface area is 110 Å². The van der Waals surface area contributed by atoms with Gasteiger partial charge in [0.15, 0.2) is 0 Å². The second-order valence-corrected chi connectivity index (χ2v) is 4.48. The topological polar surface area (TPSA) is 102 Å². The third-order valence-corrected chi connectivity index (χ3v) is 3.28. The number of nitrogens with one attached hydrogen (secondary N) is 2. The monoisotopic (exact) mass is 267 g/mol. The van der Waals surface area contributed by atoms with Gasteiger partial charge in [0, 0.05) is 25.6 Å². The summed E-state index contributed by atoms with van der Waals surface area (Å²) in [6, 6.07) is 0.0563. The fraction of sp³-hybridized carbons (Fsp3) is 0.636. The lowest BCUT2D eigenvalue weighted by molar-refractivity contribution is -0.383. The molecule has 0 spiro atoms. The molecule has 2 rings (SSSR count). The molecule has 2 atom stereocenters. The van der Waals surface area contributed by atoms with Crippen LogP contribution in [-0.2, 0) is 4.74 Å². The number of rotatable bonds is 5. The molecule has 8 heteroatoms. The van der Waals surface area contributed by atoms with E-state index < -0.39 is 4.92 Å². The lowest BCUT2D eigenvalue weighted by atomic mass is 10.0. The second-order valence-electron chi connectivity index (χ2n) is 4.48. The van der Waals surface area contributed by atoms with Gasteiger partial charge in [-0.2, -0.15) is 0 Å². The summed E-state index contributed by atoms with van der Waals surface area (Å²) >= 11 is 0. The molecule has 0 bridgehead atoms. The summed E-state index contributed by atoms with van der Waals surface area (Å²) in [5.74, 6) is 0.786. The largest absolute Gasteiger partial charge is 0.381 e. The van der Waals surface area contributed by atoms with Gasteiger partial charge in [-0.25, -0.2) is 9.97 Å². The van der Waals surface area contributed by atoms with Gasteiger partial charge in [0.1, 0.15) is 6.33 Å². The van der Waals surface area contributed by atoms with Crippen LogP contribution in [-0.4, -0.2) is 41.2 Å². The summed E-state index contributed by atoms with van der Waals surface area (Å²) in [7, 11) is 1.59. The number of nitro groups is 1. The van der Waals surface area contributed by atoms with Gasteiger partial charge < -0.3 is 15.4 Å². The van der Waals surface area contributed by atoms with E-state index in [1.807, 2.05) is 6.92 Å². The summed E-state index contributed by atoms with van der Waals surface area (Å²) in [6.07, 6.45) is 2.25. The third-order valence-electron chi connectivity index (χ3n) is 3.28. The van der Waals surface area contributed by atoms with E-state index in [0.29, 0.717) is 12.5 Å². The van der Waals surface area contributed by atoms with E-state index in [0.717, 1.165) is 13.0 Å². The van der Waals surface area contributed by atoms with Crippen LogP contribution >= 0.6 is 0 Å². The molecule has 1 aromatic heterocycles. The van der Waals surface area contributed by atoms with Crippen LogP contribution in [0, 0.1) is 16.0 Å². The van der Waals surface area contributed by atoms with E-state index in [-0.39, 0.29) is 23.4 Å². The van der Waals surface area contributed by atoms with Gasteiger partial charge in [-0.15, -0.1) is 0 Å². The van der Waals surface area contributed by atoms with Crippen molar-refractivity contribution >= 4 is 17.3 Å². The molecular weight excluding hydrogens is 250 g/mol. The van der Waals surface area contributed by atoms with Gasteiger partial charge in [0.2, 0.25) is 11.6 Å². The van der Waals surface area contributed by atoms with E-state index in [1.54, 1.807) is 7.05 Å². The quantitative estimate of drug-likeness (QED) is 0.611. The van der Waals surface area contributed by atoms with Crippen molar-refractivity contribution in [1.29, 1.82) is 0 Å². The highest BCUT2D eigenvalue weighted by Gasteiger charge is 2.27. The fourth-order valence-electron chi connectivity index (χ4n) is 2.12.